The van der Waals surface area contributed by atoms with Crippen LogP contribution in [0.5, 0.6) is 0 Å². The smallest absolute Gasteiger partial charge is 0.253 e. The Morgan fingerprint density at radius 2 is 1.57 bits per heavy atom. The highest BCUT2D eigenvalue weighted by molar-refractivity contribution is 5.99. The fourth-order valence-electron chi connectivity index (χ4n) is 3.52. The lowest BCUT2D eigenvalue weighted by Crippen LogP contribution is -2.44. The van der Waals surface area contributed by atoms with Gasteiger partial charge >= 0.3 is 0 Å². The van der Waals surface area contributed by atoms with Crippen LogP contribution in [0.2, 0.25) is 0 Å². The minimum Gasteiger partial charge on any atom is -0.391 e. The molecule has 5 heteroatoms. The molecule has 5 nitrogen and oxygen atoms in total. The lowest BCUT2D eigenvalue weighted by molar-refractivity contribution is 0.0755. The minimum absolute atomic E-state index is 0.0530. The van der Waals surface area contributed by atoms with Gasteiger partial charge in [-0.05, 0) is 49.4 Å². The standard InChI is InChI=1S/C25H34N2O3/c1-4-15-27(16-5-2)25(30)21-14-10-13-20(18-21)24(29)26-22(23(28)6-3)17-19-11-8-7-9-12-19/h7-14,18,22-23,28H,4-6,15-17H2,1-3H3,(H,26,29). The van der Waals surface area contributed by atoms with Crippen molar-refractivity contribution in [1.82, 2.24) is 10.2 Å². The molecule has 0 spiro atoms. The number of carbonyl (C=O) groups excluding carboxylic acids is 2. The zero-order chi connectivity index (χ0) is 21.9. The van der Waals surface area contributed by atoms with E-state index in [-0.39, 0.29) is 11.8 Å². The third kappa shape index (κ3) is 6.70. The van der Waals surface area contributed by atoms with E-state index >= 15 is 0 Å². The first-order chi connectivity index (χ1) is 14.5. The number of amides is 2. The van der Waals surface area contributed by atoms with Crippen LogP contribution in [0, 0.1) is 0 Å². The molecule has 0 fully saturated rings. The molecule has 2 atom stereocenters. The van der Waals surface area contributed by atoms with Crippen molar-refractivity contribution in [2.75, 3.05) is 13.1 Å². The number of rotatable bonds is 11. The van der Waals surface area contributed by atoms with Crippen molar-refractivity contribution < 1.29 is 14.7 Å². The Hall–Kier alpha value is -2.66. The van der Waals surface area contributed by atoms with Crippen molar-refractivity contribution in [3.63, 3.8) is 0 Å². The van der Waals surface area contributed by atoms with Crippen molar-refractivity contribution in [3.8, 4) is 0 Å². The van der Waals surface area contributed by atoms with E-state index in [1.165, 1.54) is 0 Å². The zero-order valence-electron chi connectivity index (χ0n) is 18.3. The summed E-state index contributed by atoms with van der Waals surface area (Å²) in [5, 5.41) is 13.4. The van der Waals surface area contributed by atoms with Crippen LogP contribution in [0.3, 0.4) is 0 Å². The van der Waals surface area contributed by atoms with Crippen LogP contribution in [-0.2, 0) is 6.42 Å². The number of benzene rings is 2. The molecule has 0 aromatic heterocycles. The summed E-state index contributed by atoms with van der Waals surface area (Å²) in [6.45, 7) is 7.39. The van der Waals surface area contributed by atoms with Gasteiger partial charge in [0.25, 0.3) is 11.8 Å². The molecule has 0 aliphatic carbocycles. The summed E-state index contributed by atoms with van der Waals surface area (Å²) in [5.74, 6) is -0.335. The SMILES string of the molecule is CCCN(CCC)C(=O)c1cccc(C(=O)NC(Cc2ccccc2)C(O)CC)c1. The Morgan fingerprint density at radius 3 is 2.17 bits per heavy atom. The largest absolute Gasteiger partial charge is 0.391 e. The Morgan fingerprint density at radius 1 is 0.933 bits per heavy atom. The summed E-state index contributed by atoms with van der Waals surface area (Å²) in [7, 11) is 0. The molecule has 0 aliphatic heterocycles. The van der Waals surface area contributed by atoms with Gasteiger partial charge in [-0.1, -0.05) is 57.2 Å². The number of hydrogen-bond donors (Lipinski definition) is 2. The van der Waals surface area contributed by atoms with Gasteiger partial charge in [0, 0.05) is 24.2 Å². The monoisotopic (exact) mass is 410 g/mol. The second-order valence-corrected chi connectivity index (χ2v) is 7.62. The fraction of sp³-hybridized carbons (Fsp3) is 0.440. The average Bonchev–Trinajstić information content (AvgIpc) is 2.78. The Balaban J connectivity index is 2.16. The van der Waals surface area contributed by atoms with Gasteiger partial charge in [-0.2, -0.15) is 0 Å². The molecule has 2 unspecified atom stereocenters. The summed E-state index contributed by atoms with van der Waals surface area (Å²) in [4.78, 5) is 27.6. The van der Waals surface area contributed by atoms with Crippen molar-refractivity contribution in [2.24, 2.45) is 0 Å². The quantitative estimate of drug-likeness (QED) is 0.587. The van der Waals surface area contributed by atoms with Gasteiger partial charge in [-0.15, -0.1) is 0 Å². The lowest BCUT2D eigenvalue weighted by atomic mass is 9.99. The van der Waals surface area contributed by atoms with Gasteiger partial charge in [0.15, 0.2) is 0 Å². The lowest BCUT2D eigenvalue weighted by Gasteiger charge is -2.24. The zero-order valence-corrected chi connectivity index (χ0v) is 18.3. The Kier molecular flexibility index (Phi) is 9.55. The second kappa shape index (κ2) is 12.1. The molecule has 2 rings (SSSR count). The normalized spacial score (nSPS) is 12.8. The minimum atomic E-state index is -0.649. The summed E-state index contributed by atoms with van der Waals surface area (Å²) in [5.41, 5.74) is 1.99. The molecule has 0 bridgehead atoms. The van der Waals surface area contributed by atoms with Crippen LogP contribution in [0.1, 0.15) is 66.3 Å². The van der Waals surface area contributed by atoms with E-state index in [1.54, 1.807) is 24.3 Å². The van der Waals surface area contributed by atoms with E-state index in [2.05, 4.69) is 5.32 Å². The van der Waals surface area contributed by atoms with Gasteiger partial charge in [-0.25, -0.2) is 0 Å². The molecule has 162 valence electrons. The van der Waals surface area contributed by atoms with E-state index in [4.69, 9.17) is 0 Å². The van der Waals surface area contributed by atoms with Gasteiger partial charge in [0.1, 0.15) is 0 Å². The maximum Gasteiger partial charge on any atom is 0.253 e. The third-order valence-corrected chi connectivity index (χ3v) is 5.14. The summed E-state index contributed by atoms with van der Waals surface area (Å²) < 4.78 is 0. The first-order valence-electron chi connectivity index (χ1n) is 10.9. The first kappa shape index (κ1) is 23.6. The van der Waals surface area contributed by atoms with Crippen molar-refractivity contribution in [1.29, 1.82) is 0 Å². The van der Waals surface area contributed by atoms with Crippen molar-refractivity contribution in [2.45, 2.75) is 58.6 Å². The van der Waals surface area contributed by atoms with E-state index < -0.39 is 12.1 Å². The van der Waals surface area contributed by atoms with Crippen molar-refractivity contribution in [3.05, 3.63) is 71.3 Å². The predicted octanol–water partition coefficient (Wildman–Crippen LogP) is 4.06. The van der Waals surface area contributed by atoms with E-state index in [1.807, 2.05) is 56.0 Å². The molecule has 0 saturated heterocycles. The van der Waals surface area contributed by atoms with E-state index in [0.717, 1.165) is 18.4 Å². The summed E-state index contributed by atoms with van der Waals surface area (Å²) in [6.07, 6.45) is 2.22. The highest BCUT2D eigenvalue weighted by Crippen LogP contribution is 2.13. The topological polar surface area (TPSA) is 69.6 Å². The molecule has 2 amide bonds. The van der Waals surface area contributed by atoms with Gasteiger partial charge < -0.3 is 15.3 Å². The van der Waals surface area contributed by atoms with Crippen LogP contribution in [0.4, 0.5) is 0 Å². The average molecular weight is 411 g/mol. The number of nitrogens with one attached hydrogen (secondary N) is 1. The van der Waals surface area contributed by atoms with Crippen LogP contribution in [0.15, 0.2) is 54.6 Å². The molecule has 2 aromatic rings. The van der Waals surface area contributed by atoms with Crippen molar-refractivity contribution >= 4 is 11.8 Å². The molecule has 0 heterocycles. The molecule has 0 saturated carbocycles. The molecule has 0 radical (unpaired) electrons. The van der Waals surface area contributed by atoms with Gasteiger partial charge in [0.2, 0.25) is 0 Å². The molecule has 2 N–H and O–H groups in total. The fourth-order valence-corrected chi connectivity index (χ4v) is 3.52. The number of nitrogens with zero attached hydrogens (tertiary/aromatic N) is 1. The van der Waals surface area contributed by atoms with Crippen LogP contribution in [0.25, 0.3) is 0 Å². The van der Waals surface area contributed by atoms with E-state index in [9.17, 15) is 14.7 Å². The molecular weight excluding hydrogens is 376 g/mol. The van der Waals surface area contributed by atoms with Crippen LogP contribution >= 0.6 is 0 Å². The molecule has 2 aromatic carbocycles. The number of aliphatic hydroxyl groups is 1. The summed E-state index contributed by atoms with van der Waals surface area (Å²) >= 11 is 0. The van der Waals surface area contributed by atoms with Gasteiger partial charge in [-0.3, -0.25) is 9.59 Å². The molecular formula is C25H34N2O3. The molecule has 0 aliphatic rings. The predicted molar refractivity (Wildman–Crippen MR) is 121 cm³/mol. The first-order valence-corrected chi connectivity index (χ1v) is 10.9. The highest BCUT2D eigenvalue weighted by Gasteiger charge is 2.22. The number of aliphatic hydroxyl groups excluding tert-OH is 1. The number of carbonyl (C=O) groups is 2. The highest BCUT2D eigenvalue weighted by atomic mass is 16.3. The molecule has 30 heavy (non-hydrogen) atoms. The van der Waals surface area contributed by atoms with Crippen LogP contribution < -0.4 is 5.32 Å². The summed E-state index contributed by atoms with van der Waals surface area (Å²) in [6, 6.07) is 16.2. The Bertz CT molecular complexity index is 801. The third-order valence-electron chi connectivity index (χ3n) is 5.14. The maximum absolute atomic E-state index is 12.9. The van der Waals surface area contributed by atoms with E-state index in [0.29, 0.717) is 37.1 Å². The van der Waals surface area contributed by atoms with Crippen LogP contribution in [-0.4, -0.2) is 47.1 Å². The Labute approximate surface area is 180 Å². The number of hydrogen-bond acceptors (Lipinski definition) is 3. The second-order valence-electron chi connectivity index (χ2n) is 7.62. The van der Waals surface area contributed by atoms with Gasteiger partial charge in [0.05, 0.1) is 12.1 Å². The maximum atomic E-state index is 12.9.